The molecule has 2 aromatic rings. The lowest BCUT2D eigenvalue weighted by Crippen LogP contribution is -2.09. The van der Waals surface area contributed by atoms with Gasteiger partial charge in [-0.15, -0.1) is 0 Å². The van der Waals surface area contributed by atoms with Crippen LogP contribution in [0.2, 0.25) is 0 Å². The van der Waals surface area contributed by atoms with E-state index in [0.717, 1.165) is 0 Å². The standard InChI is InChI=1S/C8H8O3.C7H7NO2/c9-8(10)6-11-7-4-2-1-3-5-7;8-6-4-2-1-3-5(6)7(9)10/h1-5H,6H2,(H,9,10);1-4H,8H2,(H,9,10). The van der Waals surface area contributed by atoms with Crippen molar-refractivity contribution in [2.75, 3.05) is 12.3 Å². The van der Waals surface area contributed by atoms with Crippen LogP contribution >= 0.6 is 0 Å². The Morgan fingerprint density at radius 1 is 0.952 bits per heavy atom. The van der Waals surface area contributed by atoms with E-state index >= 15 is 0 Å². The van der Waals surface area contributed by atoms with Crippen LogP contribution in [0.3, 0.4) is 0 Å². The van der Waals surface area contributed by atoms with E-state index in [-0.39, 0.29) is 12.2 Å². The number of carbonyl (C=O) groups is 2. The summed E-state index contributed by atoms with van der Waals surface area (Å²) in [5.41, 5.74) is 5.80. The van der Waals surface area contributed by atoms with Gasteiger partial charge in [0.05, 0.1) is 5.56 Å². The minimum absolute atomic E-state index is 0.155. The van der Waals surface area contributed by atoms with E-state index in [9.17, 15) is 9.59 Å². The highest BCUT2D eigenvalue weighted by molar-refractivity contribution is 5.93. The second-order valence-corrected chi connectivity index (χ2v) is 3.89. The molecule has 0 saturated carbocycles. The van der Waals surface area contributed by atoms with Crippen LogP contribution in [0.4, 0.5) is 5.69 Å². The summed E-state index contributed by atoms with van der Waals surface area (Å²) in [6.07, 6.45) is 0. The number of benzene rings is 2. The number of aromatic carboxylic acids is 1. The molecule has 0 unspecified atom stereocenters. The van der Waals surface area contributed by atoms with E-state index in [1.165, 1.54) is 6.07 Å². The second-order valence-electron chi connectivity index (χ2n) is 3.89. The molecule has 2 rings (SSSR count). The number of carboxylic acids is 2. The third-order valence-electron chi connectivity index (χ3n) is 2.30. The van der Waals surface area contributed by atoms with Crippen molar-refractivity contribution in [1.29, 1.82) is 0 Å². The molecule has 2 aromatic carbocycles. The highest BCUT2D eigenvalue weighted by Gasteiger charge is 2.03. The second kappa shape index (κ2) is 8.21. The first kappa shape index (κ1) is 16.0. The van der Waals surface area contributed by atoms with Crippen LogP contribution in [-0.2, 0) is 4.79 Å². The first-order valence-electron chi connectivity index (χ1n) is 5.98. The van der Waals surface area contributed by atoms with Crippen molar-refractivity contribution in [2.24, 2.45) is 0 Å². The van der Waals surface area contributed by atoms with Gasteiger partial charge in [-0.05, 0) is 24.3 Å². The van der Waals surface area contributed by atoms with Gasteiger partial charge in [0.2, 0.25) is 0 Å². The molecular weight excluding hydrogens is 274 g/mol. The molecule has 0 aromatic heterocycles. The molecule has 0 bridgehead atoms. The van der Waals surface area contributed by atoms with Crippen LogP contribution in [0.15, 0.2) is 54.6 Å². The van der Waals surface area contributed by atoms with Crippen LogP contribution in [0.25, 0.3) is 0 Å². The van der Waals surface area contributed by atoms with Gasteiger partial charge >= 0.3 is 11.9 Å². The first-order chi connectivity index (χ1) is 10.0. The van der Waals surface area contributed by atoms with Crippen LogP contribution < -0.4 is 10.5 Å². The third kappa shape index (κ3) is 6.11. The quantitative estimate of drug-likeness (QED) is 0.744. The van der Waals surface area contributed by atoms with Gasteiger partial charge in [0.1, 0.15) is 5.75 Å². The van der Waals surface area contributed by atoms with E-state index in [4.69, 9.17) is 20.7 Å². The fraction of sp³-hybridized carbons (Fsp3) is 0.0667. The van der Waals surface area contributed by atoms with Crippen molar-refractivity contribution in [3.63, 3.8) is 0 Å². The number of para-hydroxylation sites is 2. The SMILES string of the molecule is Nc1ccccc1C(=O)O.O=C(O)COc1ccccc1. The minimum atomic E-state index is -0.988. The number of hydrogen-bond acceptors (Lipinski definition) is 4. The zero-order chi connectivity index (χ0) is 15.7. The van der Waals surface area contributed by atoms with Gasteiger partial charge in [-0.3, -0.25) is 0 Å². The molecule has 4 N–H and O–H groups in total. The van der Waals surface area contributed by atoms with Gasteiger partial charge in [0.25, 0.3) is 0 Å². The predicted molar refractivity (Wildman–Crippen MR) is 77.4 cm³/mol. The molecule has 110 valence electrons. The Morgan fingerprint density at radius 3 is 2.00 bits per heavy atom. The predicted octanol–water partition coefficient (Wildman–Crippen LogP) is 2.12. The Bertz CT molecular complexity index is 598. The van der Waals surface area contributed by atoms with Gasteiger partial charge in [0.15, 0.2) is 6.61 Å². The molecule has 0 saturated heterocycles. The maximum Gasteiger partial charge on any atom is 0.341 e. The molecule has 21 heavy (non-hydrogen) atoms. The van der Waals surface area contributed by atoms with Crippen molar-refractivity contribution in [2.45, 2.75) is 0 Å². The molecule has 6 nitrogen and oxygen atoms in total. The van der Waals surface area contributed by atoms with E-state index in [1.807, 2.05) is 6.07 Å². The normalized spacial score (nSPS) is 9.14. The fourth-order valence-corrected chi connectivity index (χ4v) is 1.35. The van der Waals surface area contributed by atoms with Crippen LogP contribution in [0.5, 0.6) is 5.75 Å². The molecular formula is C15H15NO5. The Balaban J connectivity index is 0.000000211. The first-order valence-corrected chi connectivity index (χ1v) is 5.98. The summed E-state index contributed by atoms with van der Waals surface area (Å²) >= 11 is 0. The zero-order valence-electron chi connectivity index (χ0n) is 11.1. The van der Waals surface area contributed by atoms with E-state index < -0.39 is 11.9 Å². The Hall–Kier alpha value is -3.02. The lowest BCUT2D eigenvalue weighted by atomic mass is 10.2. The van der Waals surface area contributed by atoms with Crippen LogP contribution in [0, 0.1) is 0 Å². The molecule has 0 aliphatic carbocycles. The maximum absolute atomic E-state index is 10.3. The number of rotatable bonds is 4. The molecule has 0 aliphatic rings. The van der Waals surface area contributed by atoms with Gasteiger partial charge in [-0.25, -0.2) is 9.59 Å². The summed E-state index contributed by atoms with van der Waals surface area (Å²) in [6.45, 7) is -0.288. The highest BCUT2D eigenvalue weighted by Crippen LogP contribution is 2.09. The van der Waals surface area contributed by atoms with Gasteiger partial charge in [0, 0.05) is 5.69 Å². The number of nitrogen functional groups attached to an aromatic ring is 1. The third-order valence-corrected chi connectivity index (χ3v) is 2.30. The molecule has 0 radical (unpaired) electrons. The molecule has 6 heteroatoms. The number of aliphatic carboxylic acids is 1. The van der Waals surface area contributed by atoms with Crippen molar-refractivity contribution < 1.29 is 24.5 Å². The van der Waals surface area contributed by atoms with Gasteiger partial charge in [-0.1, -0.05) is 30.3 Å². The smallest absolute Gasteiger partial charge is 0.341 e. The molecule has 0 atom stereocenters. The lowest BCUT2D eigenvalue weighted by molar-refractivity contribution is -0.139. The molecule has 0 amide bonds. The van der Waals surface area contributed by atoms with Crippen molar-refractivity contribution in [3.05, 3.63) is 60.2 Å². The van der Waals surface area contributed by atoms with E-state index in [0.29, 0.717) is 11.4 Å². The summed E-state index contributed by atoms with van der Waals surface area (Å²) in [6, 6.07) is 15.2. The lowest BCUT2D eigenvalue weighted by Gasteiger charge is -2.00. The van der Waals surface area contributed by atoms with Crippen LogP contribution in [-0.4, -0.2) is 28.8 Å². The van der Waals surface area contributed by atoms with E-state index in [2.05, 4.69) is 0 Å². The average Bonchev–Trinajstić information content (AvgIpc) is 2.47. The van der Waals surface area contributed by atoms with Gasteiger partial charge < -0.3 is 20.7 Å². The molecule has 0 fully saturated rings. The fourth-order valence-electron chi connectivity index (χ4n) is 1.35. The van der Waals surface area contributed by atoms with Crippen molar-refractivity contribution in [3.8, 4) is 5.75 Å². The van der Waals surface area contributed by atoms with Crippen LogP contribution in [0.1, 0.15) is 10.4 Å². The summed E-state index contributed by atoms with van der Waals surface area (Å²) < 4.78 is 4.87. The number of carboxylic acid groups (broad SMARTS) is 2. The molecule has 0 spiro atoms. The molecule has 0 heterocycles. The monoisotopic (exact) mass is 289 g/mol. The Kier molecular flexibility index (Phi) is 6.27. The number of anilines is 1. The highest BCUT2D eigenvalue weighted by atomic mass is 16.5. The zero-order valence-corrected chi connectivity index (χ0v) is 11.1. The largest absolute Gasteiger partial charge is 0.482 e. The van der Waals surface area contributed by atoms with Gasteiger partial charge in [-0.2, -0.15) is 0 Å². The number of hydrogen-bond donors (Lipinski definition) is 3. The number of ether oxygens (including phenoxy) is 1. The average molecular weight is 289 g/mol. The van der Waals surface area contributed by atoms with Crippen molar-refractivity contribution in [1.82, 2.24) is 0 Å². The Labute approximate surface area is 121 Å². The summed E-state index contributed by atoms with van der Waals surface area (Å²) in [5.74, 6) is -1.37. The summed E-state index contributed by atoms with van der Waals surface area (Å²) in [4.78, 5) is 20.4. The topological polar surface area (TPSA) is 110 Å². The van der Waals surface area contributed by atoms with E-state index in [1.54, 1.807) is 42.5 Å². The number of nitrogens with two attached hydrogens (primary N) is 1. The molecule has 0 aliphatic heterocycles. The Morgan fingerprint density at radius 2 is 1.52 bits per heavy atom. The minimum Gasteiger partial charge on any atom is -0.482 e. The van der Waals surface area contributed by atoms with Crippen molar-refractivity contribution >= 4 is 17.6 Å². The maximum atomic E-state index is 10.3. The summed E-state index contributed by atoms with van der Waals surface area (Å²) in [7, 11) is 0. The summed E-state index contributed by atoms with van der Waals surface area (Å²) in [5, 5.41) is 16.7.